The van der Waals surface area contributed by atoms with Crippen LogP contribution in [0.1, 0.15) is 24.2 Å². The molecule has 21 heavy (non-hydrogen) atoms. The molecule has 1 amide bonds. The van der Waals surface area contributed by atoms with Crippen molar-refractivity contribution < 1.29 is 9.18 Å². The Morgan fingerprint density at radius 1 is 1.29 bits per heavy atom. The largest absolute Gasteiger partial charge is 0.370 e. The molecule has 0 saturated heterocycles. The minimum atomic E-state index is -0.364. The number of nitrogens with one attached hydrogen (secondary N) is 1. The van der Waals surface area contributed by atoms with Crippen molar-refractivity contribution in [3.8, 4) is 0 Å². The van der Waals surface area contributed by atoms with Crippen molar-refractivity contribution in [3.05, 3.63) is 54.0 Å². The first-order valence-electron chi connectivity index (χ1n) is 6.93. The molecule has 1 N–H and O–H groups in total. The Kier molecular flexibility index (Phi) is 4.87. The summed E-state index contributed by atoms with van der Waals surface area (Å²) in [5.74, 6) is -0.0242. The van der Waals surface area contributed by atoms with E-state index in [1.807, 2.05) is 13.8 Å². The summed E-state index contributed by atoms with van der Waals surface area (Å²) in [5.41, 5.74) is 1.01. The molecular formula is C16H18FN3O. The van der Waals surface area contributed by atoms with Crippen molar-refractivity contribution in [2.24, 2.45) is 0 Å². The minimum absolute atomic E-state index is 0.202. The molecule has 5 heteroatoms. The van der Waals surface area contributed by atoms with Gasteiger partial charge in [0.1, 0.15) is 11.6 Å². The molecule has 2 aromatic rings. The van der Waals surface area contributed by atoms with Crippen LogP contribution in [0.3, 0.4) is 0 Å². The normalized spacial score (nSPS) is 10.2. The lowest BCUT2D eigenvalue weighted by Crippen LogP contribution is -2.31. The predicted octanol–water partition coefficient (Wildman–Crippen LogP) is 3.32. The number of carbonyl (C=O) groups is 1. The van der Waals surface area contributed by atoms with E-state index in [1.165, 1.54) is 17.0 Å². The smallest absolute Gasteiger partial charge is 0.262 e. The molecule has 110 valence electrons. The summed E-state index contributed by atoms with van der Waals surface area (Å²) in [4.78, 5) is 18.4. The van der Waals surface area contributed by atoms with Crippen molar-refractivity contribution in [1.29, 1.82) is 0 Å². The molecule has 0 spiro atoms. The molecule has 2 rings (SSSR count). The van der Waals surface area contributed by atoms with E-state index >= 15 is 0 Å². The molecule has 4 nitrogen and oxygen atoms in total. The summed E-state index contributed by atoms with van der Waals surface area (Å²) in [6, 6.07) is 9.45. The monoisotopic (exact) mass is 287 g/mol. The second-order valence-electron chi connectivity index (χ2n) is 4.46. The molecular weight excluding hydrogens is 269 g/mol. The second kappa shape index (κ2) is 6.83. The Labute approximate surface area is 123 Å². The number of pyridine rings is 1. The first-order valence-corrected chi connectivity index (χ1v) is 6.93. The van der Waals surface area contributed by atoms with Gasteiger partial charge in [0.15, 0.2) is 0 Å². The Bertz CT molecular complexity index is 630. The van der Waals surface area contributed by atoms with Gasteiger partial charge >= 0.3 is 0 Å². The Morgan fingerprint density at radius 2 is 2.10 bits per heavy atom. The highest BCUT2D eigenvalue weighted by Crippen LogP contribution is 2.21. The third kappa shape index (κ3) is 3.37. The van der Waals surface area contributed by atoms with Gasteiger partial charge in [0, 0.05) is 25.0 Å². The number of amides is 1. The highest BCUT2D eigenvalue weighted by molar-refractivity contribution is 6.09. The molecule has 0 aliphatic carbocycles. The van der Waals surface area contributed by atoms with Gasteiger partial charge in [-0.1, -0.05) is 6.07 Å². The average molecular weight is 287 g/mol. The molecule has 0 unspecified atom stereocenters. The van der Waals surface area contributed by atoms with Gasteiger partial charge in [-0.05, 0) is 44.2 Å². The fourth-order valence-corrected chi connectivity index (χ4v) is 2.12. The first kappa shape index (κ1) is 15.0. The van der Waals surface area contributed by atoms with Crippen molar-refractivity contribution >= 4 is 17.4 Å². The minimum Gasteiger partial charge on any atom is -0.370 e. The van der Waals surface area contributed by atoms with Gasteiger partial charge in [0.25, 0.3) is 5.91 Å². The maximum Gasteiger partial charge on any atom is 0.262 e. The molecule has 1 heterocycles. The average Bonchev–Trinajstić information content (AvgIpc) is 2.49. The molecule has 0 fully saturated rings. The van der Waals surface area contributed by atoms with Crippen molar-refractivity contribution in [2.75, 3.05) is 23.3 Å². The van der Waals surface area contributed by atoms with Gasteiger partial charge in [0.05, 0.1) is 5.56 Å². The van der Waals surface area contributed by atoms with Gasteiger partial charge in [-0.25, -0.2) is 9.37 Å². The van der Waals surface area contributed by atoms with Crippen LogP contribution >= 0.6 is 0 Å². The Morgan fingerprint density at radius 3 is 2.76 bits per heavy atom. The van der Waals surface area contributed by atoms with E-state index in [9.17, 15) is 9.18 Å². The lowest BCUT2D eigenvalue weighted by Gasteiger charge is -2.22. The number of aromatic nitrogens is 1. The van der Waals surface area contributed by atoms with Crippen molar-refractivity contribution in [3.63, 3.8) is 0 Å². The van der Waals surface area contributed by atoms with Crippen LogP contribution in [0.5, 0.6) is 0 Å². The number of anilines is 2. The standard InChI is InChI=1S/C16H18FN3O/c1-3-18-15-14(9-6-10-19-15)16(21)20(4-2)13-8-5-7-12(17)11-13/h5-11H,3-4H2,1-2H3,(H,18,19). The molecule has 0 radical (unpaired) electrons. The van der Waals surface area contributed by atoms with E-state index < -0.39 is 0 Å². The zero-order chi connectivity index (χ0) is 15.2. The topological polar surface area (TPSA) is 45.2 Å². The lowest BCUT2D eigenvalue weighted by atomic mass is 10.2. The van der Waals surface area contributed by atoms with Crippen LogP contribution in [0.4, 0.5) is 15.9 Å². The first-order chi connectivity index (χ1) is 10.2. The Balaban J connectivity index is 2.37. The molecule has 0 aliphatic rings. The summed E-state index contributed by atoms with van der Waals surface area (Å²) < 4.78 is 13.4. The summed E-state index contributed by atoms with van der Waals surface area (Å²) >= 11 is 0. The van der Waals surface area contributed by atoms with Gasteiger partial charge in [-0.3, -0.25) is 4.79 Å². The van der Waals surface area contributed by atoms with E-state index in [-0.39, 0.29) is 11.7 Å². The fraction of sp³-hybridized carbons (Fsp3) is 0.250. The molecule has 0 bridgehead atoms. The number of nitrogens with zero attached hydrogens (tertiary/aromatic N) is 2. The van der Waals surface area contributed by atoms with Gasteiger partial charge < -0.3 is 10.2 Å². The van der Waals surface area contributed by atoms with Crippen molar-refractivity contribution in [2.45, 2.75) is 13.8 Å². The molecule has 1 aromatic heterocycles. The van der Waals surface area contributed by atoms with Crippen LogP contribution in [0.25, 0.3) is 0 Å². The Hall–Kier alpha value is -2.43. The quantitative estimate of drug-likeness (QED) is 0.917. The van der Waals surface area contributed by atoms with Crippen LogP contribution in [0, 0.1) is 5.82 Å². The predicted molar refractivity (Wildman–Crippen MR) is 82.2 cm³/mol. The molecule has 0 aliphatic heterocycles. The highest BCUT2D eigenvalue weighted by atomic mass is 19.1. The molecule has 1 aromatic carbocycles. The van der Waals surface area contributed by atoms with Gasteiger partial charge in [0.2, 0.25) is 0 Å². The SMILES string of the molecule is CCNc1ncccc1C(=O)N(CC)c1cccc(F)c1. The number of carbonyl (C=O) groups excluding carboxylic acids is 1. The number of rotatable bonds is 5. The van der Waals surface area contributed by atoms with Crippen LogP contribution in [0.2, 0.25) is 0 Å². The zero-order valence-electron chi connectivity index (χ0n) is 12.1. The third-order valence-corrected chi connectivity index (χ3v) is 3.06. The molecule has 0 atom stereocenters. The number of halogens is 1. The molecule has 0 saturated carbocycles. The highest BCUT2D eigenvalue weighted by Gasteiger charge is 2.19. The summed E-state index contributed by atoms with van der Waals surface area (Å²) in [6.07, 6.45) is 1.63. The lowest BCUT2D eigenvalue weighted by molar-refractivity contribution is 0.0989. The van der Waals surface area contributed by atoms with Crippen LogP contribution in [-0.4, -0.2) is 24.0 Å². The third-order valence-electron chi connectivity index (χ3n) is 3.06. The van der Waals surface area contributed by atoms with E-state index in [0.717, 1.165) is 0 Å². The number of benzene rings is 1. The second-order valence-corrected chi connectivity index (χ2v) is 4.46. The van der Waals surface area contributed by atoms with Crippen molar-refractivity contribution in [1.82, 2.24) is 4.98 Å². The fourth-order valence-electron chi connectivity index (χ4n) is 2.12. The zero-order valence-corrected chi connectivity index (χ0v) is 12.1. The van der Waals surface area contributed by atoms with Gasteiger partial charge in [-0.15, -0.1) is 0 Å². The van der Waals surface area contributed by atoms with Crippen LogP contribution in [-0.2, 0) is 0 Å². The van der Waals surface area contributed by atoms with Crippen LogP contribution < -0.4 is 10.2 Å². The summed E-state index contributed by atoms with van der Waals surface area (Å²) in [6.45, 7) is 4.91. The van der Waals surface area contributed by atoms with Gasteiger partial charge in [-0.2, -0.15) is 0 Å². The summed E-state index contributed by atoms with van der Waals surface area (Å²) in [7, 11) is 0. The number of hydrogen-bond acceptors (Lipinski definition) is 3. The number of hydrogen-bond donors (Lipinski definition) is 1. The van der Waals surface area contributed by atoms with E-state index in [2.05, 4.69) is 10.3 Å². The maximum absolute atomic E-state index is 13.4. The maximum atomic E-state index is 13.4. The summed E-state index contributed by atoms with van der Waals surface area (Å²) in [5, 5.41) is 3.07. The van der Waals surface area contributed by atoms with E-state index in [0.29, 0.717) is 30.2 Å². The van der Waals surface area contributed by atoms with E-state index in [1.54, 1.807) is 30.5 Å². The van der Waals surface area contributed by atoms with Crippen LogP contribution in [0.15, 0.2) is 42.6 Å². The van der Waals surface area contributed by atoms with E-state index in [4.69, 9.17) is 0 Å².